The summed E-state index contributed by atoms with van der Waals surface area (Å²) in [5, 5.41) is 8.07. The molecule has 0 unspecified atom stereocenters. The van der Waals surface area contributed by atoms with Crippen LogP contribution in [0.1, 0.15) is 40.5 Å². The maximum atomic E-state index is 11.5. The molecular formula is C18H20O5. The predicted octanol–water partition coefficient (Wildman–Crippen LogP) is 3.39. The summed E-state index contributed by atoms with van der Waals surface area (Å²) in [6, 6.07) is 16.6. The molecular weight excluding hydrogens is 296 g/mol. The SMILES string of the molecule is CCCCO.O=C(OOC(=O)c1ccccc1)c1ccccc1. The van der Waals surface area contributed by atoms with Crippen LogP contribution in [0, 0.1) is 0 Å². The van der Waals surface area contributed by atoms with Gasteiger partial charge in [-0.1, -0.05) is 49.7 Å². The predicted molar refractivity (Wildman–Crippen MR) is 85.7 cm³/mol. The number of aliphatic hydroxyl groups excluding tert-OH is 1. The highest BCUT2D eigenvalue weighted by Gasteiger charge is 2.12. The average molecular weight is 316 g/mol. The zero-order valence-electron chi connectivity index (χ0n) is 13.0. The van der Waals surface area contributed by atoms with Crippen LogP contribution in [-0.2, 0) is 9.78 Å². The van der Waals surface area contributed by atoms with Crippen LogP contribution in [0.5, 0.6) is 0 Å². The van der Waals surface area contributed by atoms with Gasteiger partial charge < -0.3 is 5.11 Å². The van der Waals surface area contributed by atoms with Crippen molar-refractivity contribution in [1.82, 2.24) is 0 Å². The molecule has 0 saturated carbocycles. The molecule has 2 aromatic carbocycles. The monoisotopic (exact) mass is 316 g/mol. The van der Waals surface area contributed by atoms with Crippen molar-refractivity contribution in [1.29, 1.82) is 0 Å². The van der Waals surface area contributed by atoms with Crippen LogP contribution in [0.15, 0.2) is 60.7 Å². The number of benzene rings is 2. The van der Waals surface area contributed by atoms with E-state index in [0.29, 0.717) is 17.7 Å². The second-order valence-electron chi connectivity index (χ2n) is 4.55. The first-order valence-corrected chi connectivity index (χ1v) is 7.33. The number of aliphatic hydroxyl groups is 1. The molecule has 0 aliphatic heterocycles. The molecule has 0 saturated heterocycles. The van der Waals surface area contributed by atoms with Crippen molar-refractivity contribution in [2.75, 3.05) is 6.61 Å². The zero-order valence-corrected chi connectivity index (χ0v) is 13.0. The normalized spacial score (nSPS) is 9.30. The summed E-state index contributed by atoms with van der Waals surface area (Å²) >= 11 is 0. The topological polar surface area (TPSA) is 72.8 Å². The van der Waals surface area contributed by atoms with E-state index in [-0.39, 0.29) is 0 Å². The Kier molecular flexibility index (Phi) is 8.78. The molecule has 0 radical (unpaired) electrons. The lowest BCUT2D eigenvalue weighted by Gasteiger charge is -2.02. The molecule has 0 atom stereocenters. The van der Waals surface area contributed by atoms with Gasteiger partial charge in [0.25, 0.3) is 0 Å². The minimum atomic E-state index is -0.708. The lowest BCUT2D eigenvalue weighted by atomic mass is 10.2. The second kappa shape index (κ2) is 11.0. The van der Waals surface area contributed by atoms with Crippen LogP contribution in [0.3, 0.4) is 0 Å². The zero-order chi connectivity index (χ0) is 16.9. The van der Waals surface area contributed by atoms with Crippen LogP contribution >= 0.6 is 0 Å². The third kappa shape index (κ3) is 7.24. The Labute approximate surface area is 135 Å². The average Bonchev–Trinajstić information content (AvgIpc) is 2.62. The number of unbranched alkanes of at least 4 members (excludes halogenated alkanes) is 1. The highest BCUT2D eigenvalue weighted by atomic mass is 17.2. The van der Waals surface area contributed by atoms with Gasteiger partial charge in [0.05, 0.1) is 11.1 Å². The minimum absolute atomic E-state index is 0.318. The molecule has 23 heavy (non-hydrogen) atoms. The smallest absolute Gasteiger partial charge is 0.386 e. The third-order valence-corrected chi connectivity index (χ3v) is 2.72. The van der Waals surface area contributed by atoms with Gasteiger partial charge in [-0.15, -0.1) is 0 Å². The van der Waals surface area contributed by atoms with Crippen molar-refractivity contribution in [2.24, 2.45) is 0 Å². The summed E-state index contributed by atoms with van der Waals surface area (Å²) in [7, 11) is 0. The van der Waals surface area contributed by atoms with E-state index in [1.807, 2.05) is 0 Å². The Bertz CT molecular complexity index is 527. The van der Waals surface area contributed by atoms with Gasteiger partial charge in [0.15, 0.2) is 0 Å². The van der Waals surface area contributed by atoms with E-state index in [4.69, 9.17) is 5.11 Å². The number of carbonyl (C=O) groups is 2. The molecule has 0 heterocycles. The first-order valence-electron chi connectivity index (χ1n) is 7.33. The minimum Gasteiger partial charge on any atom is -0.396 e. The lowest BCUT2D eigenvalue weighted by molar-refractivity contribution is -0.187. The van der Waals surface area contributed by atoms with Crippen molar-refractivity contribution in [3.63, 3.8) is 0 Å². The molecule has 0 aliphatic rings. The highest BCUT2D eigenvalue weighted by Crippen LogP contribution is 2.05. The van der Waals surface area contributed by atoms with Gasteiger partial charge in [-0.3, -0.25) is 0 Å². The van der Waals surface area contributed by atoms with Gasteiger partial charge in [0.2, 0.25) is 0 Å². The maximum absolute atomic E-state index is 11.5. The van der Waals surface area contributed by atoms with Crippen molar-refractivity contribution in [2.45, 2.75) is 19.8 Å². The van der Waals surface area contributed by atoms with Crippen molar-refractivity contribution >= 4 is 11.9 Å². The molecule has 0 bridgehead atoms. The van der Waals surface area contributed by atoms with Crippen LogP contribution in [0.4, 0.5) is 0 Å². The maximum Gasteiger partial charge on any atom is 0.386 e. The fraction of sp³-hybridized carbons (Fsp3) is 0.222. The Balaban J connectivity index is 0.000000463. The number of hydrogen-bond acceptors (Lipinski definition) is 5. The quantitative estimate of drug-likeness (QED) is 0.691. The summed E-state index contributed by atoms with van der Waals surface area (Å²) in [6.07, 6.45) is 2.04. The summed E-state index contributed by atoms with van der Waals surface area (Å²) in [4.78, 5) is 31.9. The lowest BCUT2D eigenvalue weighted by Crippen LogP contribution is -2.11. The van der Waals surface area contributed by atoms with Crippen molar-refractivity contribution < 1.29 is 24.5 Å². The van der Waals surface area contributed by atoms with Gasteiger partial charge in [-0.05, 0) is 30.7 Å². The van der Waals surface area contributed by atoms with Gasteiger partial charge in [0, 0.05) is 6.61 Å². The summed E-state index contributed by atoms with van der Waals surface area (Å²) in [6.45, 7) is 2.40. The van der Waals surface area contributed by atoms with E-state index in [2.05, 4.69) is 16.7 Å². The number of carbonyl (C=O) groups excluding carboxylic acids is 2. The molecule has 1 N–H and O–H groups in total. The molecule has 5 heteroatoms. The highest BCUT2D eigenvalue weighted by molar-refractivity contribution is 5.92. The molecule has 0 spiro atoms. The first-order chi connectivity index (χ1) is 11.2. The molecule has 2 aromatic rings. The van der Waals surface area contributed by atoms with Crippen LogP contribution < -0.4 is 0 Å². The molecule has 5 nitrogen and oxygen atoms in total. The first kappa shape index (κ1) is 18.4. The van der Waals surface area contributed by atoms with Crippen molar-refractivity contribution in [3.8, 4) is 0 Å². The van der Waals surface area contributed by atoms with E-state index in [0.717, 1.165) is 12.8 Å². The molecule has 2 rings (SSSR count). The van der Waals surface area contributed by atoms with E-state index >= 15 is 0 Å². The van der Waals surface area contributed by atoms with Gasteiger partial charge in [-0.2, -0.15) is 0 Å². The Morgan fingerprint density at radius 3 is 1.48 bits per heavy atom. The Hall–Kier alpha value is -2.66. The van der Waals surface area contributed by atoms with Gasteiger partial charge >= 0.3 is 11.9 Å². The number of rotatable bonds is 4. The molecule has 0 fully saturated rings. The molecule has 122 valence electrons. The summed E-state index contributed by atoms with van der Waals surface area (Å²) < 4.78 is 0. The largest absolute Gasteiger partial charge is 0.396 e. The fourth-order valence-electron chi connectivity index (χ4n) is 1.48. The van der Waals surface area contributed by atoms with E-state index in [9.17, 15) is 9.59 Å². The van der Waals surface area contributed by atoms with Crippen LogP contribution in [0.25, 0.3) is 0 Å². The Morgan fingerprint density at radius 1 is 0.826 bits per heavy atom. The van der Waals surface area contributed by atoms with E-state index < -0.39 is 11.9 Å². The van der Waals surface area contributed by atoms with Crippen molar-refractivity contribution in [3.05, 3.63) is 71.8 Å². The molecule has 0 amide bonds. The van der Waals surface area contributed by atoms with E-state index in [1.165, 1.54) is 0 Å². The second-order valence-corrected chi connectivity index (χ2v) is 4.55. The third-order valence-electron chi connectivity index (χ3n) is 2.72. The molecule has 0 aromatic heterocycles. The van der Waals surface area contributed by atoms with E-state index in [1.54, 1.807) is 60.7 Å². The number of hydrogen-bond donors (Lipinski definition) is 1. The van der Waals surface area contributed by atoms with Crippen LogP contribution in [0.2, 0.25) is 0 Å². The summed E-state index contributed by atoms with van der Waals surface area (Å²) in [5.74, 6) is -1.42. The molecule has 0 aliphatic carbocycles. The van der Waals surface area contributed by atoms with Gasteiger partial charge in [0.1, 0.15) is 0 Å². The van der Waals surface area contributed by atoms with Gasteiger partial charge in [-0.25, -0.2) is 19.4 Å². The summed E-state index contributed by atoms with van der Waals surface area (Å²) in [5.41, 5.74) is 0.636. The fourth-order valence-corrected chi connectivity index (χ4v) is 1.48. The Morgan fingerprint density at radius 2 is 1.22 bits per heavy atom. The van der Waals surface area contributed by atoms with Crippen LogP contribution in [-0.4, -0.2) is 23.7 Å². The standard InChI is InChI=1S/C14H10O4.C4H10O/c15-13(11-7-3-1-4-8-11)17-18-14(16)12-9-5-2-6-10-12;1-2-3-4-5/h1-10H;5H,2-4H2,1H3.